The van der Waals surface area contributed by atoms with Gasteiger partial charge >= 0.3 is 5.97 Å². The number of hydrogen-bond donors (Lipinski definition) is 3. The summed E-state index contributed by atoms with van der Waals surface area (Å²) in [5.41, 5.74) is 1.03. The third kappa shape index (κ3) is 0.984. The Kier molecular flexibility index (Phi) is 1.58. The van der Waals surface area contributed by atoms with E-state index in [1.165, 1.54) is 6.21 Å². The van der Waals surface area contributed by atoms with Gasteiger partial charge in [-0.1, -0.05) is 0 Å². The standard InChI is InChI=1S/C7H9N3O2/c11-7(12)4-1-9-5-2-8-3-10-6(4)5/h1,5,8,10H,2-3H2,(H,11,12). The van der Waals surface area contributed by atoms with Gasteiger partial charge < -0.3 is 10.4 Å². The molecule has 1 unspecified atom stereocenters. The van der Waals surface area contributed by atoms with E-state index in [1.54, 1.807) is 0 Å². The fraction of sp³-hybridized carbons (Fsp3) is 0.429. The van der Waals surface area contributed by atoms with Gasteiger partial charge in [-0.2, -0.15) is 0 Å². The Balaban J connectivity index is 2.30. The number of rotatable bonds is 1. The predicted molar refractivity (Wildman–Crippen MR) is 42.9 cm³/mol. The number of nitrogens with one attached hydrogen (secondary N) is 2. The number of nitrogens with zero attached hydrogens (tertiary/aromatic N) is 1. The number of hydrogen-bond acceptors (Lipinski definition) is 4. The topological polar surface area (TPSA) is 73.7 Å². The average Bonchev–Trinajstić information content (AvgIpc) is 2.47. The molecule has 0 aromatic rings. The molecule has 1 saturated heterocycles. The maximum atomic E-state index is 10.6. The Morgan fingerprint density at radius 3 is 3.33 bits per heavy atom. The summed E-state index contributed by atoms with van der Waals surface area (Å²) in [6.07, 6.45) is 1.42. The Morgan fingerprint density at radius 1 is 1.75 bits per heavy atom. The van der Waals surface area contributed by atoms with Crippen molar-refractivity contribution < 1.29 is 9.90 Å². The molecule has 0 amide bonds. The largest absolute Gasteiger partial charge is 0.478 e. The quantitative estimate of drug-likeness (QED) is 0.465. The van der Waals surface area contributed by atoms with Gasteiger partial charge in [-0.3, -0.25) is 10.3 Å². The lowest BCUT2D eigenvalue weighted by atomic mass is 10.1. The molecule has 64 valence electrons. The molecule has 12 heavy (non-hydrogen) atoms. The van der Waals surface area contributed by atoms with E-state index < -0.39 is 5.97 Å². The molecule has 0 radical (unpaired) electrons. The van der Waals surface area contributed by atoms with Crippen LogP contribution < -0.4 is 10.6 Å². The zero-order chi connectivity index (χ0) is 8.55. The monoisotopic (exact) mass is 167 g/mol. The molecule has 0 aromatic heterocycles. The lowest BCUT2D eigenvalue weighted by Gasteiger charge is -2.22. The molecular weight excluding hydrogens is 158 g/mol. The summed E-state index contributed by atoms with van der Waals surface area (Å²) in [6.45, 7) is 1.33. The highest BCUT2D eigenvalue weighted by molar-refractivity contribution is 6.10. The molecule has 0 aromatic carbocycles. The summed E-state index contributed by atoms with van der Waals surface area (Å²) in [4.78, 5) is 14.7. The van der Waals surface area contributed by atoms with Crippen molar-refractivity contribution in [3.05, 3.63) is 11.3 Å². The van der Waals surface area contributed by atoms with Crippen LogP contribution in [0.4, 0.5) is 0 Å². The molecular formula is C7H9N3O2. The number of carboxylic acid groups (broad SMARTS) is 1. The van der Waals surface area contributed by atoms with Gasteiger partial charge in [0.1, 0.15) is 6.04 Å². The number of carboxylic acids is 1. The molecule has 2 aliphatic rings. The third-order valence-electron chi connectivity index (χ3n) is 1.98. The molecule has 2 aliphatic heterocycles. The van der Waals surface area contributed by atoms with Gasteiger partial charge in [0.2, 0.25) is 0 Å². The second-order valence-corrected chi connectivity index (χ2v) is 2.73. The van der Waals surface area contributed by atoms with Crippen LogP contribution in [0.15, 0.2) is 16.3 Å². The van der Waals surface area contributed by atoms with Crippen LogP contribution in [-0.2, 0) is 4.79 Å². The lowest BCUT2D eigenvalue weighted by Crippen LogP contribution is -2.44. The molecule has 0 spiro atoms. The molecule has 0 aliphatic carbocycles. The van der Waals surface area contributed by atoms with Crippen LogP contribution in [0.1, 0.15) is 0 Å². The van der Waals surface area contributed by atoms with Crippen LogP contribution in [-0.4, -0.2) is 36.5 Å². The van der Waals surface area contributed by atoms with Crippen molar-refractivity contribution in [3.8, 4) is 0 Å². The van der Waals surface area contributed by atoms with Crippen LogP contribution in [0.3, 0.4) is 0 Å². The van der Waals surface area contributed by atoms with Crippen LogP contribution >= 0.6 is 0 Å². The van der Waals surface area contributed by atoms with Crippen LogP contribution in [0.25, 0.3) is 0 Å². The van der Waals surface area contributed by atoms with Crippen LogP contribution in [0.5, 0.6) is 0 Å². The first-order valence-electron chi connectivity index (χ1n) is 3.74. The van der Waals surface area contributed by atoms with Gasteiger partial charge in [0.05, 0.1) is 17.9 Å². The molecule has 5 nitrogen and oxygen atoms in total. The van der Waals surface area contributed by atoms with Gasteiger partial charge in [0.15, 0.2) is 0 Å². The van der Waals surface area contributed by atoms with Crippen molar-refractivity contribution in [2.75, 3.05) is 13.2 Å². The van der Waals surface area contributed by atoms with E-state index in [2.05, 4.69) is 15.6 Å². The zero-order valence-corrected chi connectivity index (χ0v) is 6.37. The van der Waals surface area contributed by atoms with Gasteiger partial charge in [-0.25, -0.2) is 4.79 Å². The molecule has 5 heteroatoms. The van der Waals surface area contributed by atoms with E-state index >= 15 is 0 Å². The molecule has 0 bridgehead atoms. The lowest BCUT2D eigenvalue weighted by molar-refractivity contribution is -0.132. The van der Waals surface area contributed by atoms with Gasteiger partial charge in [-0.15, -0.1) is 0 Å². The molecule has 3 N–H and O–H groups in total. The van der Waals surface area contributed by atoms with Crippen molar-refractivity contribution in [1.29, 1.82) is 0 Å². The molecule has 1 fully saturated rings. The first kappa shape index (κ1) is 7.30. The Hall–Kier alpha value is -1.36. The molecule has 2 heterocycles. The summed E-state index contributed by atoms with van der Waals surface area (Å²) in [7, 11) is 0. The minimum atomic E-state index is -0.911. The van der Waals surface area contributed by atoms with E-state index in [0.717, 1.165) is 12.2 Å². The SMILES string of the molecule is O=C(O)C1=C2NCNCC2N=C1. The highest BCUT2D eigenvalue weighted by Crippen LogP contribution is 2.16. The van der Waals surface area contributed by atoms with E-state index in [1.807, 2.05) is 0 Å². The van der Waals surface area contributed by atoms with Crippen molar-refractivity contribution in [3.63, 3.8) is 0 Å². The number of fused-ring (bicyclic) bond motifs is 1. The molecule has 1 atom stereocenters. The van der Waals surface area contributed by atoms with E-state index in [0.29, 0.717) is 12.2 Å². The van der Waals surface area contributed by atoms with Gasteiger partial charge in [0.25, 0.3) is 0 Å². The van der Waals surface area contributed by atoms with Crippen molar-refractivity contribution >= 4 is 12.2 Å². The third-order valence-corrected chi connectivity index (χ3v) is 1.98. The van der Waals surface area contributed by atoms with E-state index in [-0.39, 0.29) is 6.04 Å². The molecule has 2 rings (SSSR count). The maximum absolute atomic E-state index is 10.6. The number of aliphatic carboxylic acids is 1. The van der Waals surface area contributed by atoms with E-state index in [9.17, 15) is 4.79 Å². The van der Waals surface area contributed by atoms with Crippen molar-refractivity contribution in [2.45, 2.75) is 6.04 Å². The average molecular weight is 167 g/mol. The summed E-state index contributed by atoms with van der Waals surface area (Å²) in [6, 6.07) is -0.0233. The maximum Gasteiger partial charge on any atom is 0.339 e. The predicted octanol–water partition coefficient (Wildman–Crippen LogP) is -1.07. The molecule has 0 saturated carbocycles. The first-order valence-corrected chi connectivity index (χ1v) is 3.74. The van der Waals surface area contributed by atoms with Crippen molar-refractivity contribution in [2.24, 2.45) is 4.99 Å². The summed E-state index contributed by atoms with van der Waals surface area (Å²) in [5, 5.41) is 14.8. The Bertz CT molecular complexity index is 282. The van der Waals surface area contributed by atoms with Gasteiger partial charge in [-0.05, 0) is 0 Å². The van der Waals surface area contributed by atoms with E-state index in [4.69, 9.17) is 5.11 Å². The summed E-state index contributed by atoms with van der Waals surface area (Å²) >= 11 is 0. The highest BCUT2D eigenvalue weighted by Gasteiger charge is 2.27. The number of aliphatic imine (C=N–C) groups is 1. The minimum absolute atomic E-state index is 0.0233. The number of carbonyl (C=O) groups is 1. The summed E-state index contributed by atoms with van der Waals surface area (Å²) in [5.74, 6) is -0.911. The Morgan fingerprint density at radius 2 is 2.58 bits per heavy atom. The fourth-order valence-corrected chi connectivity index (χ4v) is 1.39. The van der Waals surface area contributed by atoms with Crippen LogP contribution in [0.2, 0.25) is 0 Å². The second kappa shape index (κ2) is 2.60. The normalized spacial score (nSPS) is 26.8. The van der Waals surface area contributed by atoms with Crippen molar-refractivity contribution in [1.82, 2.24) is 10.6 Å². The highest BCUT2D eigenvalue weighted by atomic mass is 16.4. The second-order valence-electron chi connectivity index (χ2n) is 2.73. The minimum Gasteiger partial charge on any atom is -0.478 e. The van der Waals surface area contributed by atoms with Crippen LogP contribution in [0, 0.1) is 0 Å². The van der Waals surface area contributed by atoms with Gasteiger partial charge in [0, 0.05) is 12.8 Å². The Labute approximate surface area is 69.2 Å². The fourth-order valence-electron chi connectivity index (χ4n) is 1.39. The summed E-state index contributed by atoms with van der Waals surface area (Å²) < 4.78 is 0. The smallest absolute Gasteiger partial charge is 0.339 e. The first-order chi connectivity index (χ1) is 5.79. The zero-order valence-electron chi connectivity index (χ0n) is 6.37.